The van der Waals surface area contributed by atoms with Gasteiger partial charge in [-0.25, -0.2) is 9.97 Å². The highest BCUT2D eigenvalue weighted by atomic mass is 35.5. The van der Waals surface area contributed by atoms with Gasteiger partial charge in [-0.2, -0.15) is 11.8 Å². The summed E-state index contributed by atoms with van der Waals surface area (Å²) in [5.41, 5.74) is 1.03. The van der Waals surface area contributed by atoms with Crippen molar-refractivity contribution in [2.75, 3.05) is 24.0 Å². The molecule has 0 aliphatic carbocycles. The lowest BCUT2D eigenvalue weighted by Gasteiger charge is -2.28. The smallest absolute Gasteiger partial charge is 0.138 e. The number of anilines is 1. The maximum atomic E-state index is 6.17. The highest BCUT2D eigenvalue weighted by Crippen LogP contribution is 2.30. The Bertz CT molecular complexity index is 371. The van der Waals surface area contributed by atoms with E-state index in [2.05, 4.69) is 48.9 Å². The van der Waals surface area contributed by atoms with Gasteiger partial charge in [0.2, 0.25) is 0 Å². The minimum absolute atomic E-state index is 0.322. The molecule has 0 aliphatic rings. The Balaban J connectivity index is 3.08. The summed E-state index contributed by atoms with van der Waals surface area (Å²) < 4.78 is 0. The molecule has 0 aliphatic heterocycles. The first-order chi connectivity index (χ1) is 7.99. The van der Waals surface area contributed by atoms with E-state index >= 15 is 0 Å². The fraction of sp³-hybridized carbons (Fsp3) is 0.667. The molecule has 0 amide bonds. The lowest BCUT2D eigenvalue weighted by molar-refractivity contribution is 0.731. The van der Waals surface area contributed by atoms with Crippen molar-refractivity contribution >= 4 is 29.2 Å². The molecule has 1 unspecified atom stereocenters. The zero-order valence-electron chi connectivity index (χ0n) is 11.1. The van der Waals surface area contributed by atoms with E-state index in [9.17, 15) is 0 Å². The molecule has 1 atom stereocenters. The van der Waals surface area contributed by atoms with Gasteiger partial charge in [-0.1, -0.05) is 25.4 Å². The topological polar surface area (TPSA) is 29.0 Å². The van der Waals surface area contributed by atoms with Crippen molar-refractivity contribution in [1.82, 2.24) is 9.97 Å². The fourth-order valence-corrected chi connectivity index (χ4v) is 2.76. The molecule has 0 aromatic carbocycles. The summed E-state index contributed by atoms with van der Waals surface area (Å²) in [5.74, 6) is 2.33. The van der Waals surface area contributed by atoms with Crippen LogP contribution in [0.15, 0.2) is 6.33 Å². The molecule has 17 heavy (non-hydrogen) atoms. The third-order valence-corrected chi connectivity index (χ3v) is 3.91. The molecule has 0 fully saturated rings. The van der Waals surface area contributed by atoms with Crippen LogP contribution in [0.1, 0.15) is 32.3 Å². The van der Waals surface area contributed by atoms with Crippen LogP contribution in [0, 0.1) is 0 Å². The van der Waals surface area contributed by atoms with Crippen molar-refractivity contribution in [3.05, 3.63) is 17.0 Å². The SMILES string of the molecule is CSCC(C)N(C)c1ncnc(Cl)c1C(C)C. The molecule has 1 aromatic rings. The molecule has 0 radical (unpaired) electrons. The van der Waals surface area contributed by atoms with E-state index in [4.69, 9.17) is 11.6 Å². The standard InChI is InChI=1S/C12H20ClN3S/c1-8(2)10-11(13)14-7-15-12(10)16(4)9(3)6-17-5/h7-9H,6H2,1-5H3. The second-order valence-corrected chi connectivity index (χ2v) is 5.74. The van der Waals surface area contributed by atoms with E-state index in [1.54, 1.807) is 0 Å². The van der Waals surface area contributed by atoms with Gasteiger partial charge in [-0.05, 0) is 19.1 Å². The van der Waals surface area contributed by atoms with Gasteiger partial charge >= 0.3 is 0 Å². The van der Waals surface area contributed by atoms with E-state index in [1.165, 1.54) is 6.33 Å². The number of thioether (sulfide) groups is 1. The summed E-state index contributed by atoms with van der Waals surface area (Å²) in [7, 11) is 2.06. The molecule has 0 spiro atoms. The van der Waals surface area contributed by atoms with Crippen molar-refractivity contribution in [2.45, 2.75) is 32.7 Å². The Morgan fingerprint density at radius 3 is 2.53 bits per heavy atom. The predicted molar refractivity (Wildman–Crippen MR) is 77.4 cm³/mol. The molecule has 0 bridgehead atoms. The van der Waals surface area contributed by atoms with Gasteiger partial charge in [0.25, 0.3) is 0 Å². The minimum atomic E-state index is 0.322. The Morgan fingerprint density at radius 1 is 1.35 bits per heavy atom. The minimum Gasteiger partial charge on any atom is -0.356 e. The van der Waals surface area contributed by atoms with Gasteiger partial charge < -0.3 is 4.90 Å². The molecule has 1 rings (SSSR count). The van der Waals surface area contributed by atoms with Crippen LogP contribution in [0.5, 0.6) is 0 Å². The molecule has 0 saturated heterocycles. The number of aromatic nitrogens is 2. The average molecular weight is 274 g/mol. The van der Waals surface area contributed by atoms with E-state index in [1.807, 2.05) is 11.8 Å². The summed E-state index contributed by atoms with van der Waals surface area (Å²) in [4.78, 5) is 10.6. The van der Waals surface area contributed by atoms with Crippen LogP contribution in [0.4, 0.5) is 5.82 Å². The van der Waals surface area contributed by atoms with Gasteiger partial charge in [-0.15, -0.1) is 0 Å². The second kappa shape index (κ2) is 6.45. The highest BCUT2D eigenvalue weighted by Gasteiger charge is 2.19. The van der Waals surface area contributed by atoms with E-state index < -0.39 is 0 Å². The number of hydrogen-bond donors (Lipinski definition) is 0. The molecule has 0 N–H and O–H groups in total. The first-order valence-electron chi connectivity index (χ1n) is 5.71. The normalized spacial score (nSPS) is 12.9. The fourth-order valence-electron chi connectivity index (χ4n) is 1.70. The van der Waals surface area contributed by atoms with Crippen molar-refractivity contribution in [2.24, 2.45) is 0 Å². The zero-order chi connectivity index (χ0) is 13.0. The average Bonchev–Trinajstić information content (AvgIpc) is 2.27. The van der Waals surface area contributed by atoms with Crippen molar-refractivity contribution < 1.29 is 0 Å². The maximum absolute atomic E-state index is 6.17. The molecule has 1 heterocycles. The van der Waals surface area contributed by atoms with Crippen molar-refractivity contribution in [3.8, 4) is 0 Å². The third kappa shape index (κ3) is 3.49. The molecule has 0 saturated carbocycles. The van der Waals surface area contributed by atoms with Crippen LogP contribution >= 0.6 is 23.4 Å². The van der Waals surface area contributed by atoms with Crippen LogP contribution in [-0.2, 0) is 0 Å². The molecular formula is C12H20ClN3S. The lowest BCUT2D eigenvalue weighted by Crippen LogP contribution is -2.32. The van der Waals surface area contributed by atoms with E-state index in [0.29, 0.717) is 17.1 Å². The largest absolute Gasteiger partial charge is 0.356 e. The third-order valence-electron chi connectivity index (χ3n) is 2.79. The summed E-state index contributed by atoms with van der Waals surface area (Å²) in [5, 5.41) is 0.563. The first kappa shape index (κ1) is 14.6. The van der Waals surface area contributed by atoms with Crippen molar-refractivity contribution in [1.29, 1.82) is 0 Å². The second-order valence-electron chi connectivity index (χ2n) is 4.47. The summed E-state index contributed by atoms with van der Waals surface area (Å²) >= 11 is 8.00. The van der Waals surface area contributed by atoms with E-state index in [-0.39, 0.29) is 0 Å². The Morgan fingerprint density at radius 2 is 2.00 bits per heavy atom. The number of rotatable bonds is 5. The number of nitrogens with zero attached hydrogens (tertiary/aromatic N) is 3. The maximum Gasteiger partial charge on any atom is 0.138 e. The van der Waals surface area contributed by atoms with Gasteiger partial charge in [0.1, 0.15) is 17.3 Å². The Labute approximate surface area is 113 Å². The highest BCUT2D eigenvalue weighted by molar-refractivity contribution is 7.98. The monoisotopic (exact) mass is 273 g/mol. The summed E-state index contributed by atoms with van der Waals surface area (Å²) in [6.07, 6.45) is 3.65. The van der Waals surface area contributed by atoms with Crippen LogP contribution in [0.25, 0.3) is 0 Å². The van der Waals surface area contributed by atoms with Gasteiger partial charge in [0, 0.05) is 24.4 Å². The van der Waals surface area contributed by atoms with E-state index in [0.717, 1.165) is 17.1 Å². The van der Waals surface area contributed by atoms with Crippen molar-refractivity contribution in [3.63, 3.8) is 0 Å². The Kier molecular flexibility index (Phi) is 5.53. The zero-order valence-corrected chi connectivity index (χ0v) is 12.6. The molecule has 1 aromatic heterocycles. The van der Waals surface area contributed by atoms with Crippen LogP contribution in [0.2, 0.25) is 5.15 Å². The molecular weight excluding hydrogens is 254 g/mol. The predicted octanol–water partition coefficient (Wildman–Crippen LogP) is 3.44. The quantitative estimate of drug-likeness (QED) is 0.769. The van der Waals surface area contributed by atoms with Crippen LogP contribution in [-0.4, -0.2) is 35.1 Å². The summed E-state index contributed by atoms with van der Waals surface area (Å²) in [6.45, 7) is 6.42. The Hall–Kier alpha value is -0.480. The van der Waals surface area contributed by atoms with Crippen LogP contribution < -0.4 is 4.90 Å². The van der Waals surface area contributed by atoms with Gasteiger partial charge in [0.05, 0.1) is 0 Å². The lowest BCUT2D eigenvalue weighted by atomic mass is 10.1. The van der Waals surface area contributed by atoms with Gasteiger partial charge in [-0.3, -0.25) is 0 Å². The first-order valence-corrected chi connectivity index (χ1v) is 7.48. The molecule has 96 valence electrons. The number of hydrogen-bond acceptors (Lipinski definition) is 4. The van der Waals surface area contributed by atoms with Crippen LogP contribution in [0.3, 0.4) is 0 Å². The molecule has 3 nitrogen and oxygen atoms in total. The number of halogens is 1. The molecule has 5 heteroatoms. The summed E-state index contributed by atoms with van der Waals surface area (Å²) in [6, 6.07) is 0.425. The van der Waals surface area contributed by atoms with Gasteiger partial charge in [0.15, 0.2) is 0 Å².